The van der Waals surface area contributed by atoms with E-state index >= 15 is 0 Å². The Morgan fingerprint density at radius 3 is 2.50 bits per heavy atom. The van der Waals surface area contributed by atoms with Gasteiger partial charge in [0.05, 0.1) is 21.9 Å². The molecule has 2 aromatic heterocycles. The van der Waals surface area contributed by atoms with Crippen LogP contribution in [0.4, 0.5) is 11.4 Å². The lowest BCUT2D eigenvalue weighted by molar-refractivity contribution is 0.597. The van der Waals surface area contributed by atoms with Crippen molar-refractivity contribution >= 4 is 43.9 Å². The summed E-state index contributed by atoms with van der Waals surface area (Å²) >= 11 is 6.20. The van der Waals surface area contributed by atoms with Gasteiger partial charge in [-0.1, -0.05) is 23.7 Å². The first-order chi connectivity index (χ1) is 11.4. The molecule has 1 N–H and O–H groups in total. The van der Waals surface area contributed by atoms with Gasteiger partial charge in [-0.25, -0.2) is 4.98 Å². The number of hydrogen-bond acceptors (Lipinski definition) is 5. The molecule has 3 rings (SSSR count). The van der Waals surface area contributed by atoms with E-state index in [1.165, 1.54) is 6.20 Å². The Balaban J connectivity index is 2.14. The maximum atomic E-state index is 12.8. The van der Waals surface area contributed by atoms with Gasteiger partial charge in [-0.05, 0) is 24.3 Å². The van der Waals surface area contributed by atoms with E-state index in [9.17, 15) is 8.42 Å². The van der Waals surface area contributed by atoms with Crippen molar-refractivity contribution in [2.24, 2.45) is 0 Å². The quantitative estimate of drug-likeness (QED) is 0.771. The lowest BCUT2D eigenvalue weighted by atomic mass is 10.2. The Bertz CT molecular complexity index is 1010. The predicted octanol–water partition coefficient (Wildman–Crippen LogP) is 3.15. The van der Waals surface area contributed by atoms with Gasteiger partial charge in [0.25, 0.3) is 10.0 Å². The summed E-state index contributed by atoms with van der Waals surface area (Å²) in [6.45, 7) is 0. The largest absolute Gasteiger partial charge is 0.375 e. The molecule has 0 aliphatic carbocycles. The van der Waals surface area contributed by atoms with Crippen molar-refractivity contribution in [1.29, 1.82) is 0 Å². The van der Waals surface area contributed by atoms with Gasteiger partial charge in [0.1, 0.15) is 0 Å². The van der Waals surface area contributed by atoms with E-state index < -0.39 is 10.0 Å². The zero-order valence-electron chi connectivity index (χ0n) is 13.1. The molecule has 3 aromatic rings. The molecule has 0 saturated heterocycles. The number of nitrogens with one attached hydrogen (secondary N) is 1. The van der Waals surface area contributed by atoms with Gasteiger partial charge >= 0.3 is 0 Å². The number of pyridine rings is 2. The van der Waals surface area contributed by atoms with Crippen LogP contribution in [0.3, 0.4) is 0 Å². The molecule has 0 fully saturated rings. The van der Waals surface area contributed by atoms with Crippen LogP contribution in [-0.4, -0.2) is 32.5 Å². The molecule has 0 atom stereocenters. The molecule has 8 heteroatoms. The molecule has 0 aliphatic heterocycles. The lowest BCUT2D eigenvalue weighted by Crippen LogP contribution is -2.20. The second kappa shape index (κ2) is 6.26. The number of anilines is 2. The maximum Gasteiger partial charge on any atom is 0.281 e. The highest BCUT2D eigenvalue weighted by Crippen LogP contribution is 2.32. The van der Waals surface area contributed by atoms with Crippen molar-refractivity contribution in [3.05, 3.63) is 53.8 Å². The van der Waals surface area contributed by atoms with Crippen molar-refractivity contribution in [3.8, 4) is 0 Å². The van der Waals surface area contributed by atoms with Gasteiger partial charge in [-0.2, -0.15) is 8.42 Å². The molecule has 0 aliphatic rings. The van der Waals surface area contributed by atoms with Gasteiger partial charge < -0.3 is 4.90 Å². The van der Waals surface area contributed by atoms with Crippen LogP contribution < -0.4 is 9.62 Å². The Hall–Kier alpha value is -2.38. The number of aromatic nitrogens is 2. The van der Waals surface area contributed by atoms with Gasteiger partial charge in [0, 0.05) is 31.9 Å². The van der Waals surface area contributed by atoms with Crippen molar-refractivity contribution in [2.75, 3.05) is 23.7 Å². The summed E-state index contributed by atoms with van der Waals surface area (Å²) in [6.07, 6.45) is 3.02. The topological polar surface area (TPSA) is 75.2 Å². The summed E-state index contributed by atoms with van der Waals surface area (Å²) in [7, 11) is -0.425. The summed E-state index contributed by atoms with van der Waals surface area (Å²) in [5, 5.41) is 0.986. The molecular formula is C16H15ClN4O2S. The van der Waals surface area contributed by atoms with Gasteiger partial charge in [0.15, 0.2) is 5.03 Å². The number of hydrogen-bond donors (Lipinski definition) is 1. The second-order valence-electron chi connectivity index (χ2n) is 5.33. The molecule has 1 aromatic carbocycles. The van der Waals surface area contributed by atoms with Crippen molar-refractivity contribution < 1.29 is 8.42 Å². The minimum absolute atomic E-state index is 0.0704. The van der Waals surface area contributed by atoms with Crippen LogP contribution in [-0.2, 0) is 10.0 Å². The molecule has 0 bridgehead atoms. The molecule has 0 unspecified atom stereocenters. The highest BCUT2D eigenvalue weighted by Gasteiger charge is 2.23. The number of benzene rings is 1. The van der Waals surface area contributed by atoms with E-state index in [4.69, 9.17) is 11.6 Å². The third-order valence-corrected chi connectivity index (χ3v) is 5.06. The normalized spacial score (nSPS) is 11.5. The third kappa shape index (κ3) is 3.00. The predicted molar refractivity (Wildman–Crippen MR) is 96.1 cm³/mol. The Morgan fingerprint density at radius 1 is 1.04 bits per heavy atom. The second-order valence-corrected chi connectivity index (χ2v) is 7.33. The fourth-order valence-electron chi connectivity index (χ4n) is 2.33. The van der Waals surface area contributed by atoms with Gasteiger partial charge in [-0.3, -0.25) is 9.71 Å². The molecule has 124 valence electrons. The molecule has 24 heavy (non-hydrogen) atoms. The number of fused-ring (bicyclic) bond motifs is 1. The monoisotopic (exact) mass is 362 g/mol. The Morgan fingerprint density at radius 2 is 1.75 bits per heavy atom. The van der Waals surface area contributed by atoms with Crippen LogP contribution >= 0.6 is 11.6 Å². The smallest absolute Gasteiger partial charge is 0.281 e. The van der Waals surface area contributed by atoms with Crippen LogP contribution in [0.15, 0.2) is 53.8 Å². The van der Waals surface area contributed by atoms with E-state index in [0.29, 0.717) is 11.2 Å². The summed E-state index contributed by atoms with van der Waals surface area (Å²) < 4.78 is 28.2. The number of nitrogens with zero attached hydrogens (tertiary/aromatic N) is 3. The van der Waals surface area contributed by atoms with E-state index in [1.54, 1.807) is 55.5 Å². The molecular weight excluding hydrogens is 348 g/mol. The van der Waals surface area contributed by atoms with Crippen LogP contribution in [0, 0.1) is 0 Å². The molecule has 2 heterocycles. The van der Waals surface area contributed by atoms with Crippen LogP contribution in [0.1, 0.15) is 0 Å². The first-order valence-electron chi connectivity index (χ1n) is 7.08. The van der Waals surface area contributed by atoms with E-state index in [0.717, 1.165) is 5.39 Å². The minimum atomic E-state index is -3.93. The number of halogens is 1. The summed E-state index contributed by atoms with van der Waals surface area (Å²) in [4.78, 5) is 9.94. The minimum Gasteiger partial charge on any atom is -0.375 e. The number of sulfonamides is 1. The Labute approximate surface area is 145 Å². The molecule has 6 nitrogen and oxygen atoms in total. The standard InChI is InChI=1S/C16H15ClN4O2S/c1-21(2)13-6-4-10-19-16(13)24(22,23)20-15-12(17)8-7-11-5-3-9-18-14(11)15/h3-10,20H,1-2H3. The first-order valence-corrected chi connectivity index (χ1v) is 8.94. The lowest BCUT2D eigenvalue weighted by Gasteiger charge is -2.17. The van der Waals surface area contributed by atoms with Crippen LogP contribution in [0.25, 0.3) is 10.9 Å². The van der Waals surface area contributed by atoms with Crippen molar-refractivity contribution in [1.82, 2.24) is 9.97 Å². The van der Waals surface area contributed by atoms with E-state index in [2.05, 4.69) is 14.7 Å². The highest BCUT2D eigenvalue weighted by atomic mass is 35.5. The molecule has 0 saturated carbocycles. The molecule has 0 spiro atoms. The van der Waals surface area contributed by atoms with Crippen LogP contribution in [0.2, 0.25) is 5.02 Å². The number of rotatable bonds is 4. The van der Waals surface area contributed by atoms with Crippen molar-refractivity contribution in [2.45, 2.75) is 5.03 Å². The average molecular weight is 363 g/mol. The first kappa shape index (κ1) is 16.5. The average Bonchev–Trinajstić information content (AvgIpc) is 2.57. The Kier molecular flexibility index (Phi) is 4.29. The summed E-state index contributed by atoms with van der Waals surface area (Å²) in [5.41, 5.74) is 1.20. The molecule has 0 radical (unpaired) electrons. The zero-order valence-corrected chi connectivity index (χ0v) is 14.6. The van der Waals surface area contributed by atoms with Gasteiger partial charge in [0.2, 0.25) is 0 Å². The van der Waals surface area contributed by atoms with Crippen molar-refractivity contribution in [3.63, 3.8) is 0 Å². The maximum absolute atomic E-state index is 12.8. The summed E-state index contributed by atoms with van der Waals surface area (Å²) in [6, 6.07) is 10.4. The van der Waals surface area contributed by atoms with Crippen LogP contribution in [0.5, 0.6) is 0 Å². The highest BCUT2D eigenvalue weighted by molar-refractivity contribution is 7.92. The zero-order chi connectivity index (χ0) is 17.3. The third-order valence-electron chi connectivity index (χ3n) is 3.45. The van der Waals surface area contributed by atoms with E-state index in [-0.39, 0.29) is 15.7 Å². The fraction of sp³-hybridized carbons (Fsp3) is 0.125. The van der Waals surface area contributed by atoms with Gasteiger partial charge in [-0.15, -0.1) is 0 Å². The summed E-state index contributed by atoms with van der Waals surface area (Å²) in [5.74, 6) is 0. The SMILES string of the molecule is CN(C)c1cccnc1S(=O)(=O)Nc1c(Cl)ccc2cccnc12. The molecule has 0 amide bonds. The van der Waals surface area contributed by atoms with E-state index in [1.807, 2.05) is 6.07 Å². The fourth-order valence-corrected chi connectivity index (χ4v) is 3.88.